The van der Waals surface area contributed by atoms with Crippen molar-refractivity contribution in [3.05, 3.63) is 40.4 Å². The van der Waals surface area contributed by atoms with Crippen LogP contribution in [-0.2, 0) is 19.9 Å². The molecule has 0 saturated carbocycles. The fraction of sp³-hybridized carbons (Fsp3) is 0.375. The molecule has 0 spiro atoms. The lowest BCUT2D eigenvalue weighted by Crippen LogP contribution is -2.35. The minimum Gasteiger partial charge on any atom is -0.298 e. The van der Waals surface area contributed by atoms with Crippen molar-refractivity contribution in [2.24, 2.45) is 0 Å². The number of thiazole rings is 1. The van der Waals surface area contributed by atoms with E-state index in [0.717, 1.165) is 10.6 Å². The molecule has 1 amide bonds. The van der Waals surface area contributed by atoms with E-state index in [4.69, 9.17) is 0 Å². The van der Waals surface area contributed by atoms with Gasteiger partial charge in [-0.25, -0.2) is 26.5 Å². The van der Waals surface area contributed by atoms with E-state index >= 15 is 0 Å². The maximum Gasteiger partial charge on any atom is 0.257 e. The zero-order valence-corrected chi connectivity index (χ0v) is 17.2. The number of amides is 1. The average molecular weight is 430 g/mol. The number of anilines is 1. The molecule has 146 valence electrons. The van der Waals surface area contributed by atoms with Crippen LogP contribution in [0.15, 0.2) is 29.2 Å². The fourth-order valence-electron chi connectivity index (χ4n) is 2.68. The summed E-state index contributed by atoms with van der Waals surface area (Å²) in [4.78, 5) is 17.5. The van der Waals surface area contributed by atoms with Crippen LogP contribution in [-0.4, -0.2) is 45.3 Å². The number of hydrogen-bond donors (Lipinski definition) is 2. The molecule has 1 aliphatic heterocycles. The molecule has 2 heterocycles. The maximum atomic E-state index is 12.5. The number of nitrogens with zero attached hydrogens (tertiary/aromatic N) is 1. The van der Waals surface area contributed by atoms with Crippen LogP contribution >= 0.6 is 11.3 Å². The first kappa shape index (κ1) is 19.9. The van der Waals surface area contributed by atoms with Crippen LogP contribution < -0.4 is 10.0 Å². The normalized spacial score (nSPS) is 19.1. The number of hydrogen-bond acceptors (Lipinski definition) is 7. The van der Waals surface area contributed by atoms with Crippen molar-refractivity contribution in [3.63, 3.8) is 0 Å². The third-order valence-corrected chi connectivity index (χ3v) is 8.48. The number of rotatable bonds is 5. The van der Waals surface area contributed by atoms with Crippen LogP contribution in [0.3, 0.4) is 0 Å². The molecule has 1 unspecified atom stereocenters. The molecule has 3 rings (SSSR count). The second-order valence-electron chi connectivity index (χ2n) is 6.36. The summed E-state index contributed by atoms with van der Waals surface area (Å²) in [6, 6.07) is 4.93. The number of sulfone groups is 1. The molecule has 1 aliphatic rings. The summed E-state index contributed by atoms with van der Waals surface area (Å²) >= 11 is 1.34. The van der Waals surface area contributed by atoms with Gasteiger partial charge < -0.3 is 0 Å². The van der Waals surface area contributed by atoms with Gasteiger partial charge >= 0.3 is 0 Å². The first-order valence-corrected chi connectivity index (χ1v) is 12.3. The number of carbonyl (C=O) groups is 1. The third kappa shape index (κ3) is 4.72. The van der Waals surface area contributed by atoms with Gasteiger partial charge in [-0.1, -0.05) is 6.07 Å². The second kappa shape index (κ2) is 7.30. The van der Waals surface area contributed by atoms with Gasteiger partial charge in [0, 0.05) is 16.5 Å². The van der Waals surface area contributed by atoms with Crippen LogP contribution in [0.2, 0.25) is 0 Å². The molecule has 0 aliphatic carbocycles. The Labute approximate surface area is 162 Å². The third-order valence-electron chi connectivity index (χ3n) is 4.21. The zero-order valence-electron chi connectivity index (χ0n) is 14.7. The summed E-state index contributed by atoms with van der Waals surface area (Å²) < 4.78 is 50.5. The van der Waals surface area contributed by atoms with Gasteiger partial charge in [0.25, 0.3) is 5.91 Å². The van der Waals surface area contributed by atoms with E-state index in [1.165, 1.54) is 35.6 Å². The van der Waals surface area contributed by atoms with Crippen LogP contribution in [0, 0.1) is 13.8 Å². The number of nitrogens with one attached hydrogen (secondary N) is 2. The van der Waals surface area contributed by atoms with Crippen molar-refractivity contribution < 1.29 is 21.6 Å². The van der Waals surface area contributed by atoms with Crippen LogP contribution in [0.25, 0.3) is 0 Å². The van der Waals surface area contributed by atoms with Crippen LogP contribution in [0.4, 0.5) is 5.13 Å². The van der Waals surface area contributed by atoms with Gasteiger partial charge in [0.1, 0.15) is 0 Å². The predicted octanol–water partition coefficient (Wildman–Crippen LogP) is 1.48. The van der Waals surface area contributed by atoms with Gasteiger partial charge in [0.2, 0.25) is 10.0 Å². The fourth-order valence-corrected chi connectivity index (χ4v) is 6.58. The minimum atomic E-state index is -3.93. The molecule has 11 heteroatoms. The van der Waals surface area contributed by atoms with Crippen molar-refractivity contribution in [3.8, 4) is 0 Å². The Hall–Kier alpha value is -1.82. The molecule has 27 heavy (non-hydrogen) atoms. The average Bonchev–Trinajstić information content (AvgIpc) is 3.08. The second-order valence-corrected chi connectivity index (χ2v) is 11.5. The summed E-state index contributed by atoms with van der Waals surface area (Å²) in [5.74, 6) is -0.714. The van der Waals surface area contributed by atoms with Gasteiger partial charge in [0.15, 0.2) is 15.0 Å². The smallest absolute Gasteiger partial charge is 0.257 e. The first-order valence-electron chi connectivity index (χ1n) is 8.14. The monoisotopic (exact) mass is 429 g/mol. The number of carbonyl (C=O) groups excluding carboxylic acids is 1. The molecule has 1 aromatic carbocycles. The van der Waals surface area contributed by atoms with Gasteiger partial charge in [-0.05, 0) is 38.5 Å². The Balaban J connectivity index is 1.77. The van der Waals surface area contributed by atoms with Crippen molar-refractivity contribution >= 4 is 42.2 Å². The topological polar surface area (TPSA) is 122 Å². The molecule has 2 N–H and O–H groups in total. The van der Waals surface area contributed by atoms with Crippen molar-refractivity contribution in [1.82, 2.24) is 9.71 Å². The molecule has 0 radical (unpaired) electrons. The summed E-state index contributed by atoms with van der Waals surface area (Å²) in [6.45, 7) is 3.73. The molecule has 1 atom stereocenters. The number of aryl methyl sites for hydroxylation is 2. The SMILES string of the molecule is Cc1nc(NC(=O)c2cccc(S(=O)(=O)NC3CCS(=O)(=O)C3)c2)sc1C. The molecular formula is C16H19N3O5S3. The van der Waals surface area contributed by atoms with E-state index in [9.17, 15) is 21.6 Å². The lowest BCUT2D eigenvalue weighted by atomic mass is 10.2. The van der Waals surface area contributed by atoms with Crippen LogP contribution in [0.5, 0.6) is 0 Å². The van der Waals surface area contributed by atoms with Crippen molar-refractivity contribution in [1.29, 1.82) is 0 Å². The van der Waals surface area contributed by atoms with Crippen molar-refractivity contribution in [2.45, 2.75) is 31.2 Å². The summed E-state index contributed by atoms with van der Waals surface area (Å²) in [6.07, 6.45) is 0.241. The number of benzene rings is 1. The summed E-state index contributed by atoms with van der Waals surface area (Å²) in [7, 11) is -7.14. The molecule has 1 saturated heterocycles. The quantitative estimate of drug-likeness (QED) is 0.742. The van der Waals surface area contributed by atoms with Gasteiger partial charge in [0.05, 0.1) is 22.1 Å². The van der Waals surface area contributed by atoms with Crippen LogP contribution in [0.1, 0.15) is 27.3 Å². The summed E-state index contributed by atoms with van der Waals surface area (Å²) in [5.41, 5.74) is 0.991. The van der Waals surface area contributed by atoms with Gasteiger partial charge in [-0.15, -0.1) is 11.3 Å². The zero-order chi connectivity index (χ0) is 19.8. The predicted molar refractivity (Wildman–Crippen MR) is 103 cm³/mol. The first-order chi connectivity index (χ1) is 12.6. The number of aromatic nitrogens is 1. The molecule has 1 fully saturated rings. The van der Waals surface area contributed by atoms with E-state index in [0.29, 0.717) is 5.13 Å². The highest BCUT2D eigenvalue weighted by atomic mass is 32.2. The van der Waals surface area contributed by atoms with Gasteiger partial charge in [-0.2, -0.15) is 0 Å². The molecule has 0 bridgehead atoms. The highest BCUT2D eigenvalue weighted by Crippen LogP contribution is 2.22. The standard InChI is InChI=1S/C16H19N3O5S3/c1-10-11(2)25-16(17-10)18-15(20)12-4-3-5-14(8-12)27(23,24)19-13-6-7-26(21,22)9-13/h3-5,8,13,19H,6-7,9H2,1-2H3,(H,17,18,20). The number of sulfonamides is 1. The largest absolute Gasteiger partial charge is 0.298 e. The van der Waals surface area contributed by atoms with Gasteiger partial charge in [-0.3, -0.25) is 10.1 Å². The Morgan fingerprint density at radius 2 is 2.04 bits per heavy atom. The van der Waals surface area contributed by atoms with E-state index in [-0.39, 0.29) is 28.4 Å². The molecule has 8 nitrogen and oxygen atoms in total. The van der Waals surface area contributed by atoms with E-state index in [1.807, 2.05) is 13.8 Å². The lowest BCUT2D eigenvalue weighted by Gasteiger charge is -2.12. The Kier molecular flexibility index (Phi) is 5.39. The highest BCUT2D eigenvalue weighted by Gasteiger charge is 2.31. The van der Waals surface area contributed by atoms with E-state index in [1.54, 1.807) is 0 Å². The molecule has 2 aromatic rings. The summed E-state index contributed by atoms with van der Waals surface area (Å²) in [5, 5.41) is 3.10. The van der Waals surface area contributed by atoms with E-state index in [2.05, 4.69) is 15.0 Å². The Morgan fingerprint density at radius 1 is 1.30 bits per heavy atom. The molecular weight excluding hydrogens is 410 g/mol. The molecule has 1 aromatic heterocycles. The Morgan fingerprint density at radius 3 is 2.63 bits per heavy atom. The minimum absolute atomic E-state index is 0.0325. The highest BCUT2D eigenvalue weighted by molar-refractivity contribution is 7.92. The van der Waals surface area contributed by atoms with Crippen molar-refractivity contribution in [2.75, 3.05) is 16.8 Å². The lowest BCUT2D eigenvalue weighted by molar-refractivity contribution is 0.102. The van der Waals surface area contributed by atoms with E-state index < -0.39 is 31.8 Å². The maximum absolute atomic E-state index is 12.5. The Bertz CT molecular complexity index is 1070.